The summed E-state index contributed by atoms with van der Waals surface area (Å²) >= 11 is 0. The SMILES string of the molecule is COC(=O)N[C@H](C(=O)N1CCC[C@H]1c1ncc(-c2ccc(C34CCC(c5ccc(-c6cnc([C@@H]7CCCN7C(=O)[C@@H](NC(=O)OC)C(C)C)[nH]6)cc5)(CC3)CC4)cc2)[nH]1)C(C)C. The second kappa shape index (κ2) is 17.6. The van der Waals surface area contributed by atoms with E-state index in [0.717, 1.165) is 98.4 Å². The van der Waals surface area contributed by atoms with Gasteiger partial charge >= 0.3 is 12.2 Å². The first-order valence-corrected chi connectivity index (χ1v) is 22.5. The molecule has 5 aliphatic rings. The third-order valence-corrected chi connectivity index (χ3v) is 14.5. The van der Waals surface area contributed by atoms with Crippen molar-refractivity contribution < 1.29 is 28.7 Å². The first-order chi connectivity index (χ1) is 29.8. The number of aromatic amines is 2. The fourth-order valence-corrected chi connectivity index (χ4v) is 10.7. The van der Waals surface area contributed by atoms with Crippen LogP contribution < -0.4 is 10.6 Å². The Morgan fingerprint density at radius 2 is 0.968 bits per heavy atom. The van der Waals surface area contributed by atoms with Gasteiger partial charge in [-0.15, -0.1) is 0 Å². The standard InChI is InChI=1S/C48H62N8O6/c1-29(2)39(53-45(59)61-5)43(57)55-25-7-9-37(55)41-49-27-35(51-41)31-11-15-33(16-12-31)47-19-22-48(23-20-47,24-21-47)34-17-13-32(14-18-34)36-28-50-42(52-36)38-10-8-26-56(38)44(58)40(30(3)4)54-46(60)62-6/h11-18,27-30,37-40H,7-10,19-26H2,1-6H3,(H,49,51)(H,50,52)(H,53,59)(H,54,60)/t37-,38-,39-,40-,47?,48?/m0/s1. The number of hydrogen-bond donors (Lipinski definition) is 4. The monoisotopic (exact) mass is 846 g/mol. The normalized spacial score (nSPS) is 24.3. The number of aromatic nitrogens is 4. The highest BCUT2D eigenvalue weighted by Gasteiger charge is 2.50. The summed E-state index contributed by atoms with van der Waals surface area (Å²) in [6.07, 6.45) is 12.8. The molecule has 14 heteroatoms. The summed E-state index contributed by atoms with van der Waals surface area (Å²) in [5.41, 5.74) is 7.18. The highest BCUT2D eigenvalue weighted by atomic mass is 16.5. The number of ether oxygens (including phenoxy) is 2. The molecule has 9 rings (SSSR count). The van der Waals surface area contributed by atoms with Gasteiger partial charge in [-0.1, -0.05) is 76.2 Å². The number of methoxy groups -OCH3 is 2. The van der Waals surface area contributed by atoms with Gasteiger partial charge in [0.15, 0.2) is 0 Å². The Hall–Kier alpha value is -5.66. The fraction of sp³-hybridized carbons (Fsp3) is 0.542. The Bertz CT molecular complexity index is 2060. The predicted octanol–water partition coefficient (Wildman–Crippen LogP) is 8.10. The second-order valence-electron chi connectivity index (χ2n) is 18.7. The van der Waals surface area contributed by atoms with E-state index in [1.807, 2.05) is 49.9 Å². The maximum Gasteiger partial charge on any atom is 0.407 e. The minimum absolute atomic E-state index is 0.0896. The summed E-state index contributed by atoms with van der Waals surface area (Å²) in [6.45, 7) is 8.91. The number of fused-ring (bicyclic) bond motifs is 3. The number of hydrogen-bond acceptors (Lipinski definition) is 8. The van der Waals surface area contributed by atoms with Crippen molar-refractivity contribution in [1.82, 2.24) is 40.4 Å². The van der Waals surface area contributed by atoms with Crippen molar-refractivity contribution in [2.45, 2.75) is 127 Å². The van der Waals surface area contributed by atoms with Gasteiger partial charge in [0.1, 0.15) is 23.7 Å². The number of alkyl carbamates (subject to hydrolysis) is 2. The summed E-state index contributed by atoms with van der Waals surface area (Å²) < 4.78 is 9.57. The second-order valence-corrected chi connectivity index (χ2v) is 18.7. The molecular formula is C48H62N8O6. The number of amides is 4. The first-order valence-electron chi connectivity index (χ1n) is 22.5. The minimum atomic E-state index is -0.670. The van der Waals surface area contributed by atoms with Gasteiger partial charge in [0.25, 0.3) is 0 Å². The fourth-order valence-electron chi connectivity index (χ4n) is 10.7. The van der Waals surface area contributed by atoms with Gasteiger partial charge in [0.05, 0.1) is 50.1 Å². The maximum atomic E-state index is 13.6. The molecule has 5 fully saturated rings. The molecular weight excluding hydrogens is 785 g/mol. The Labute approximate surface area is 364 Å². The summed E-state index contributed by atoms with van der Waals surface area (Å²) in [4.78, 5) is 71.5. The van der Waals surface area contributed by atoms with Crippen LogP contribution in [0.15, 0.2) is 60.9 Å². The number of carbonyl (C=O) groups excluding carboxylic acids is 4. The Morgan fingerprint density at radius 1 is 0.613 bits per heavy atom. The molecule has 2 aromatic heterocycles. The van der Waals surface area contributed by atoms with E-state index in [9.17, 15) is 19.2 Å². The lowest BCUT2D eigenvalue weighted by molar-refractivity contribution is -0.136. The molecule has 3 saturated carbocycles. The van der Waals surface area contributed by atoms with Crippen molar-refractivity contribution in [2.75, 3.05) is 27.3 Å². The number of nitrogens with zero attached hydrogens (tertiary/aromatic N) is 4. The van der Waals surface area contributed by atoms with Crippen LogP contribution in [0.3, 0.4) is 0 Å². The van der Waals surface area contributed by atoms with Crippen LogP contribution in [0.2, 0.25) is 0 Å². The average molecular weight is 847 g/mol. The molecule has 2 saturated heterocycles. The van der Waals surface area contributed by atoms with E-state index in [1.54, 1.807) is 0 Å². The van der Waals surface area contributed by atoms with Crippen LogP contribution in [0.4, 0.5) is 9.59 Å². The molecule has 4 atom stereocenters. The number of imidazole rings is 2. The van der Waals surface area contributed by atoms with Gasteiger partial charge < -0.3 is 39.9 Å². The van der Waals surface area contributed by atoms with Gasteiger partial charge in [0, 0.05) is 13.1 Å². The Morgan fingerprint density at radius 3 is 1.29 bits per heavy atom. The van der Waals surface area contributed by atoms with Gasteiger partial charge in [-0.3, -0.25) is 9.59 Å². The van der Waals surface area contributed by atoms with Crippen LogP contribution in [0.5, 0.6) is 0 Å². The molecule has 4 heterocycles. The summed E-state index contributed by atoms with van der Waals surface area (Å²) in [5, 5.41) is 5.45. The van der Waals surface area contributed by atoms with E-state index in [1.165, 1.54) is 25.3 Å². The lowest BCUT2D eigenvalue weighted by Gasteiger charge is -2.54. The van der Waals surface area contributed by atoms with Crippen LogP contribution >= 0.6 is 0 Å². The molecule has 2 bridgehead atoms. The molecule has 62 heavy (non-hydrogen) atoms. The molecule has 14 nitrogen and oxygen atoms in total. The topological polar surface area (TPSA) is 175 Å². The van der Waals surface area contributed by atoms with Crippen molar-refractivity contribution in [1.29, 1.82) is 0 Å². The predicted molar refractivity (Wildman–Crippen MR) is 235 cm³/mol. The zero-order valence-electron chi connectivity index (χ0n) is 37.0. The maximum absolute atomic E-state index is 13.6. The minimum Gasteiger partial charge on any atom is -0.453 e. The molecule has 4 N–H and O–H groups in total. The van der Waals surface area contributed by atoms with E-state index in [-0.39, 0.29) is 46.6 Å². The third-order valence-electron chi connectivity index (χ3n) is 14.5. The van der Waals surface area contributed by atoms with Crippen LogP contribution in [-0.2, 0) is 29.9 Å². The summed E-state index contributed by atoms with van der Waals surface area (Å²) in [6, 6.07) is 16.4. The molecule has 3 aliphatic carbocycles. The van der Waals surface area contributed by atoms with Gasteiger partial charge in [-0.25, -0.2) is 19.6 Å². The van der Waals surface area contributed by atoms with Crippen molar-refractivity contribution in [3.63, 3.8) is 0 Å². The van der Waals surface area contributed by atoms with Gasteiger partial charge in [-0.05, 0) is 109 Å². The summed E-state index contributed by atoms with van der Waals surface area (Å²) in [7, 11) is 2.61. The van der Waals surface area contributed by atoms with Crippen LogP contribution in [0, 0.1) is 11.8 Å². The van der Waals surface area contributed by atoms with Gasteiger partial charge in [0.2, 0.25) is 11.8 Å². The van der Waals surface area contributed by atoms with Crippen molar-refractivity contribution in [3.05, 3.63) is 83.7 Å². The molecule has 0 unspecified atom stereocenters. The third kappa shape index (κ3) is 8.20. The number of carbonyl (C=O) groups is 4. The molecule has 4 amide bonds. The van der Waals surface area contributed by atoms with E-state index in [2.05, 4.69) is 69.1 Å². The highest BCUT2D eigenvalue weighted by molar-refractivity contribution is 5.87. The summed E-state index contributed by atoms with van der Waals surface area (Å²) in [5.74, 6) is 1.13. The number of H-pyrrole nitrogens is 2. The van der Waals surface area contributed by atoms with Crippen molar-refractivity contribution in [3.8, 4) is 22.5 Å². The molecule has 0 radical (unpaired) electrons. The van der Waals surface area contributed by atoms with Crippen LogP contribution in [-0.4, -0.2) is 93.1 Å². The molecule has 330 valence electrons. The quantitative estimate of drug-likeness (QED) is 0.111. The lowest BCUT2D eigenvalue weighted by atomic mass is 9.50. The Kier molecular flexibility index (Phi) is 12.2. The molecule has 2 aromatic carbocycles. The van der Waals surface area contributed by atoms with E-state index in [0.29, 0.717) is 13.1 Å². The number of nitrogens with one attached hydrogen (secondary N) is 4. The van der Waals surface area contributed by atoms with Crippen molar-refractivity contribution in [2.24, 2.45) is 11.8 Å². The largest absolute Gasteiger partial charge is 0.453 e. The van der Waals surface area contributed by atoms with E-state index >= 15 is 0 Å². The Balaban J connectivity index is 0.891. The zero-order valence-corrected chi connectivity index (χ0v) is 37.0. The lowest BCUT2D eigenvalue weighted by Crippen LogP contribution is -2.51. The van der Waals surface area contributed by atoms with Crippen LogP contribution in [0.1, 0.15) is 127 Å². The number of rotatable bonds is 12. The highest BCUT2D eigenvalue weighted by Crippen LogP contribution is 2.58. The molecule has 2 aliphatic heterocycles. The zero-order chi connectivity index (χ0) is 43.8. The van der Waals surface area contributed by atoms with E-state index < -0.39 is 24.3 Å². The van der Waals surface area contributed by atoms with Crippen molar-refractivity contribution >= 4 is 24.0 Å². The molecule has 4 aromatic rings. The van der Waals surface area contributed by atoms with Crippen LogP contribution in [0.25, 0.3) is 22.5 Å². The average Bonchev–Trinajstić information content (AvgIpc) is 4.15. The van der Waals surface area contributed by atoms with E-state index in [4.69, 9.17) is 19.4 Å². The first kappa shape index (κ1) is 43.0. The number of benzene rings is 2. The smallest absolute Gasteiger partial charge is 0.407 e. The van der Waals surface area contributed by atoms with Gasteiger partial charge in [-0.2, -0.15) is 0 Å². The molecule has 0 spiro atoms. The number of likely N-dealkylation sites (tertiary alicyclic amines) is 2.